The van der Waals surface area contributed by atoms with Crippen molar-refractivity contribution in [3.63, 3.8) is 0 Å². The number of benzene rings is 5. The van der Waals surface area contributed by atoms with Crippen molar-refractivity contribution in [3.8, 4) is 23.3 Å². The molecule has 0 saturated carbocycles. The van der Waals surface area contributed by atoms with Crippen molar-refractivity contribution in [3.05, 3.63) is 183 Å². The summed E-state index contributed by atoms with van der Waals surface area (Å²) >= 11 is 10.2. The fraction of sp³-hybridized carbons (Fsp3) is 0.0769. The van der Waals surface area contributed by atoms with Gasteiger partial charge < -0.3 is 10.0 Å². The first-order chi connectivity index (χ1) is 25.8. The molecule has 0 fully saturated rings. The van der Waals surface area contributed by atoms with Crippen molar-refractivity contribution < 1.29 is 10.0 Å². The molecule has 0 atom stereocenters. The lowest BCUT2D eigenvalue weighted by Gasteiger charge is -2.06. The second-order valence-electron chi connectivity index (χ2n) is 11.1. The van der Waals surface area contributed by atoms with Crippen molar-refractivity contribution in [2.45, 2.75) is 18.4 Å². The van der Waals surface area contributed by atoms with E-state index in [1.807, 2.05) is 60.7 Å². The predicted octanol–water partition coefficient (Wildman–Crippen LogP) is 7.54. The van der Waals surface area contributed by atoms with Crippen molar-refractivity contribution in [1.29, 1.82) is 10.5 Å². The monoisotopic (exact) mass is 892 g/mol. The van der Waals surface area contributed by atoms with E-state index in [2.05, 4.69) is 116 Å². The molecule has 53 heavy (non-hydrogen) atoms. The molecule has 264 valence electrons. The summed E-state index contributed by atoms with van der Waals surface area (Å²) in [4.78, 5) is 7.82. The molecule has 0 spiro atoms. The van der Waals surface area contributed by atoms with E-state index in [4.69, 9.17) is 20.6 Å². The van der Waals surface area contributed by atoms with E-state index in [1.54, 1.807) is 22.0 Å². The minimum atomic E-state index is -1.46. The molecular weight excluding hydrogens is 863 g/mol. The quantitative estimate of drug-likeness (QED) is 0.123. The van der Waals surface area contributed by atoms with Crippen LogP contribution in [0.25, 0.3) is 11.1 Å². The minimum absolute atomic E-state index is 0.393. The summed E-state index contributed by atoms with van der Waals surface area (Å²) in [5, 5.41) is 43.6. The molecule has 14 heteroatoms. The molecular formula is C39H32BBr3N8O2. The van der Waals surface area contributed by atoms with Crippen LogP contribution in [0.4, 0.5) is 0 Å². The molecule has 0 amide bonds. The summed E-state index contributed by atoms with van der Waals surface area (Å²) in [6, 6.07) is 42.4. The zero-order valence-corrected chi connectivity index (χ0v) is 32.9. The Balaban J connectivity index is 0.000000166. The maximum Gasteiger partial charge on any atom is 0.488 e. The number of nitrogens with zero attached hydrogens (tertiary/aromatic N) is 8. The van der Waals surface area contributed by atoms with Gasteiger partial charge in [-0.2, -0.15) is 20.7 Å². The van der Waals surface area contributed by atoms with Crippen molar-refractivity contribution in [1.82, 2.24) is 29.5 Å². The lowest BCUT2D eigenvalue weighted by Crippen LogP contribution is -2.29. The van der Waals surface area contributed by atoms with Crippen LogP contribution in [0, 0.1) is 22.7 Å². The van der Waals surface area contributed by atoms with Gasteiger partial charge in [0.15, 0.2) is 0 Å². The first kappa shape index (κ1) is 40.6. The molecule has 0 radical (unpaired) electrons. The van der Waals surface area contributed by atoms with Gasteiger partial charge in [0.25, 0.3) is 0 Å². The SMILES string of the molecule is BrCc1cccc(Br)c1.Brc1cccc(Cn2cncn2)c1.N#Cc1ccc(-c2cccc(Cn3cncn3)c2)cc1.N#Cc1ccc(B(O)O)cc1. The van der Waals surface area contributed by atoms with Crippen molar-refractivity contribution in [2.75, 3.05) is 0 Å². The number of hydrogen-bond acceptors (Lipinski definition) is 8. The van der Waals surface area contributed by atoms with Crippen LogP contribution >= 0.6 is 47.8 Å². The first-order valence-electron chi connectivity index (χ1n) is 15.9. The number of rotatable bonds is 7. The number of nitriles is 2. The van der Waals surface area contributed by atoms with Gasteiger partial charge in [0, 0.05) is 14.3 Å². The maximum atomic E-state index is 8.82. The van der Waals surface area contributed by atoms with Crippen LogP contribution < -0.4 is 5.46 Å². The Morgan fingerprint density at radius 3 is 1.49 bits per heavy atom. The van der Waals surface area contributed by atoms with Gasteiger partial charge in [-0.3, -0.25) is 0 Å². The third-order valence-corrected chi connectivity index (χ3v) is 8.80. The number of alkyl halides is 1. The minimum Gasteiger partial charge on any atom is -0.423 e. The zero-order valence-electron chi connectivity index (χ0n) is 28.2. The normalized spacial score (nSPS) is 9.79. The van der Waals surface area contributed by atoms with E-state index in [0.717, 1.165) is 37.5 Å². The molecule has 0 aliphatic carbocycles. The summed E-state index contributed by atoms with van der Waals surface area (Å²) < 4.78 is 5.81. The average Bonchev–Trinajstić information content (AvgIpc) is 3.91. The fourth-order valence-electron chi connectivity index (χ4n) is 4.57. The van der Waals surface area contributed by atoms with Gasteiger partial charge in [0.2, 0.25) is 0 Å². The predicted molar refractivity (Wildman–Crippen MR) is 217 cm³/mol. The maximum absolute atomic E-state index is 8.82. The highest BCUT2D eigenvalue weighted by Gasteiger charge is 2.09. The zero-order chi connectivity index (χ0) is 37.8. The van der Waals surface area contributed by atoms with Gasteiger partial charge >= 0.3 is 7.12 Å². The third kappa shape index (κ3) is 14.4. The van der Waals surface area contributed by atoms with Crippen LogP contribution in [0.2, 0.25) is 0 Å². The van der Waals surface area contributed by atoms with Gasteiger partial charge in [-0.1, -0.05) is 115 Å². The molecule has 7 aromatic rings. The van der Waals surface area contributed by atoms with Crippen LogP contribution in [0.3, 0.4) is 0 Å². The highest BCUT2D eigenvalue weighted by Crippen LogP contribution is 2.21. The standard InChI is InChI=1S/C16H12N4.C9H8BrN3.C7H6BNO2.C7H6Br2/c17-9-13-4-6-15(7-5-13)16-3-1-2-14(8-16)10-20-12-18-11-19-20;10-9-3-1-2-8(4-9)5-13-7-11-6-12-13;9-5-6-1-3-7(4-2-6)8(10)11;8-5-6-2-1-3-7(9)4-6/h1-8,11-12H,10H2;1-4,6-7H,5H2;1-4,10-11H;1-4H,5H2. The molecule has 0 bridgehead atoms. The molecule has 0 saturated heterocycles. The Labute approximate surface area is 333 Å². The number of aromatic nitrogens is 6. The van der Waals surface area contributed by atoms with Crippen LogP contribution in [-0.4, -0.2) is 46.7 Å². The molecule has 2 heterocycles. The Morgan fingerprint density at radius 2 is 1.06 bits per heavy atom. The Morgan fingerprint density at radius 1 is 0.585 bits per heavy atom. The average molecular weight is 895 g/mol. The molecule has 10 nitrogen and oxygen atoms in total. The second kappa shape index (κ2) is 22.0. The number of halogens is 3. The number of hydrogen-bond donors (Lipinski definition) is 2. The van der Waals surface area contributed by atoms with Crippen molar-refractivity contribution in [2.24, 2.45) is 0 Å². The summed E-state index contributed by atoms with van der Waals surface area (Å²) in [5.41, 5.74) is 7.48. The Kier molecular flexibility index (Phi) is 16.8. The topological polar surface area (TPSA) is 149 Å². The summed E-state index contributed by atoms with van der Waals surface area (Å²) in [7, 11) is -1.46. The van der Waals surface area contributed by atoms with Crippen LogP contribution in [0.1, 0.15) is 27.8 Å². The van der Waals surface area contributed by atoms with E-state index < -0.39 is 7.12 Å². The van der Waals surface area contributed by atoms with Gasteiger partial charge in [0.05, 0.1) is 36.4 Å². The lowest BCUT2D eigenvalue weighted by atomic mass is 9.80. The van der Waals surface area contributed by atoms with Crippen LogP contribution in [0.5, 0.6) is 0 Å². The molecule has 5 aromatic carbocycles. The second-order valence-corrected chi connectivity index (χ2v) is 13.5. The van der Waals surface area contributed by atoms with Crippen LogP contribution in [-0.2, 0) is 18.4 Å². The lowest BCUT2D eigenvalue weighted by molar-refractivity contribution is 0.426. The summed E-state index contributed by atoms with van der Waals surface area (Å²) in [6.45, 7) is 1.46. The van der Waals surface area contributed by atoms with Crippen LogP contribution in [0.15, 0.2) is 156 Å². The largest absolute Gasteiger partial charge is 0.488 e. The van der Waals surface area contributed by atoms with Gasteiger partial charge in [-0.25, -0.2) is 19.3 Å². The van der Waals surface area contributed by atoms with E-state index in [-0.39, 0.29) is 0 Å². The van der Waals surface area contributed by atoms with E-state index in [9.17, 15) is 0 Å². The summed E-state index contributed by atoms with van der Waals surface area (Å²) in [5.74, 6) is 0. The van der Waals surface area contributed by atoms with Gasteiger partial charge in [0.1, 0.15) is 25.3 Å². The highest BCUT2D eigenvalue weighted by molar-refractivity contribution is 9.10. The van der Waals surface area contributed by atoms with Crippen molar-refractivity contribution >= 4 is 60.4 Å². The molecule has 2 N–H and O–H groups in total. The van der Waals surface area contributed by atoms with E-state index in [0.29, 0.717) is 23.1 Å². The molecule has 0 unspecified atom stereocenters. The summed E-state index contributed by atoms with van der Waals surface area (Å²) in [6.07, 6.45) is 6.48. The van der Waals surface area contributed by atoms with E-state index >= 15 is 0 Å². The van der Waals surface area contributed by atoms with Gasteiger partial charge in [-0.05, 0) is 87.9 Å². The van der Waals surface area contributed by atoms with E-state index in [1.165, 1.54) is 48.0 Å². The Hall–Kier alpha value is -5.22. The highest BCUT2D eigenvalue weighted by atomic mass is 79.9. The van der Waals surface area contributed by atoms with Gasteiger partial charge in [-0.15, -0.1) is 0 Å². The molecule has 0 aliphatic rings. The fourth-order valence-corrected chi connectivity index (χ4v) is 5.82. The smallest absolute Gasteiger partial charge is 0.423 e. The molecule has 2 aromatic heterocycles. The third-order valence-electron chi connectivity index (χ3n) is 7.17. The molecule has 7 rings (SSSR count). The first-order valence-corrected chi connectivity index (χ1v) is 18.6. The Bertz CT molecular complexity index is 2200. The molecule has 0 aliphatic heterocycles.